The van der Waals surface area contributed by atoms with Crippen molar-refractivity contribution in [2.24, 2.45) is 0 Å². The minimum absolute atomic E-state index is 0.0198. The topological polar surface area (TPSA) is 59.1 Å². The van der Waals surface area contributed by atoms with E-state index >= 15 is 0 Å². The van der Waals surface area contributed by atoms with Crippen molar-refractivity contribution in [1.82, 2.24) is 10.0 Å². The summed E-state index contributed by atoms with van der Waals surface area (Å²) < 4.78 is 10.3. The fourth-order valence-electron chi connectivity index (χ4n) is 3.69. The normalized spacial score (nSPS) is 25.6. The van der Waals surface area contributed by atoms with E-state index in [1.165, 1.54) is 15.6 Å². The molecule has 2 fully saturated rings. The molecule has 3 rings (SSSR count). The second-order valence-electron chi connectivity index (χ2n) is 5.80. The summed E-state index contributed by atoms with van der Waals surface area (Å²) in [5, 5.41) is 2.92. The summed E-state index contributed by atoms with van der Waals surface area (Å²) in [6, 6.07) is 10.0. The Morgan fingerprint density at radius 3 is 2.22 bits per heavy atom. The van der Waals surface area contributed by atoms with Gasteiger partial charge in [-0.1, -0.05) is 30.3 Å². The van der Waals surface area contributed by atoms with Crippen molar-refractivity contribution in [3.05, 3.63) is 35.9 Å². The molecule has 0 unspecified atom stereocenters. The van der Waals surface area contributed by atoms with Crippen molar-refractivity contribution in [2.45, 2.75) is 44.7 Å². The molecule has 6 heteroatoms. The quantitative estimate of drug-likeness (QED) is 0.859. The van der Waals surface area contributed by atoms with Gasteiger partial charge in [0.15, 0.2) is 0 Å². The number of hydrogen-bond acceptors (Lipinski definition) is 4. The zero-order valence-electron chi connectivity index (χ0n) is 13.5. The van der Waals surface area contributed by atoms with Crippen molar-refractivity contribution in [2.75, 3.05) is 13.2 Å². The van der Waals surface area contributed by atoms with Gasteiger partial charge in [0.25, 0.3) is 0 Å². The molecule has 2 amide bonds. The number of carbonyl (C=O) groups excluding carboxylic acids is 2. The van der Waals surface area contributed by atoms with E-state index in [0.717, 1.165) is 12.8 Å². The van der Waals surface area contributed by atoms with E-state index in [1.807, 2.05) is 18.2 Å². The van der Waals surface area contributed by atoms with Crippen molar-refractivity contribution in [3.8, 4) is 0 Å². The predicted octanol–water partition coefficient (Wildman–Crippen LogP) is 3.15. The van der Waals surface area contributed by atoms with Crippen LogP contribution in [0, 0.1) is 0 Å². The van der Waals surface area contributed by atoms with Crippen LogP contribution in [0.15, 0.2) is 30.3 Å². The molecule has 1 aliphatic carbocycles. The first kappa shape index (κ1) is 15.6. The summed E-state index contributed by atoms with van der Waals surface area (Å²) in [5.41, 5.74) is 1.19. The second-order valence-corrected chi connectivity index (χ2v) is 5.80. The summed E-state index contributed by atoms with van der Waals surface area (Å²) in [6.07, 6.45) is 0.647. The molecule has 1 saturated carbocycles. The number of nitrogens with zero attached hydrogens (tertiary/aromatic N) is 2. The molecule has 1 aliphatic heterocycles. The third-order valence-electron chi connectivity index (χ3n) is 4.53. The van der Waals surface area contributed by atoms with Crippen molar-refractivity contribution < 1.29 is 19.1 Å². The van der Waals surface area contributed by atoms with Crippen molar-refractivity contribution in [3.63, 3.8) is 0 Å². The number of benzene rings is 1. The van der Waals surface area contributed by atoms with Gasteiger partial charge in [0.1, 0.15) is 0 Å². The lowest BCUT2D eigenvalue weighted by Crippen LogP contribution is -2.55. The predicted molar refractivity (Wildman–Crippen MR) is 83.7 cm³/mol. The number of fused-ring (bicyclic) bond motifs is 2. The lowest BCUT2D eigenvalue weighted by atomic mass is 9.93. The van der Waals surface area contributed by atoms with Crippen molar-refractivity contribution in [1.29, 1.82) is 0 Å². The minimum atomic E-state index is -0.478. The van der Waals surface area contributed by atoms with Crippen LogP contribution in [0.3, 0.4) is 0 Å². The molecule has 2 bridgehead atoms. The van der Waals surface area contributed by atoms with Crippen LogP contribution in [0.1, 0.15) is 38.2 Å². The highest BCUT2D eigenvalue weighted by Gasteiger charge is 2.55. The Morgan fingerprint density at radius 1 is 1.00 bits per heavy atom. The van der Waals surface area contributed by atoms with Crippen LogP contribution >= 0.6 is 0 Å². The maximum absolute atomic E-state index is 12.4. The molecule has 0 aromatic heterocycles. The van der Waals surface area contributed by atoms with Gasteiger partial charge < -0.3 is 9.47 Å². The average molecular weight is 318 g/mol. The molecule has 23 heavy (non-hydrogen) atoms. The molecule has 0 radical (unpaired) electrons. The molecule has 1 aromatic rings. The van der Waals surface area contributed by atoms with Gasteiger partial charge in [-0.05, 0) is 32.3 Å². The molecule has 1 aromatic carbocycles. The van der Waals surface area contributed by atoms with Crippen LogP contribution in [-0.2, 0) is 9.47 Å². The van der Waals surface area contributed by atoms with Gasteiger partial charge in [-0.3, -0.25) is 0 Å². The molecule has 1 heterocycles. The number of carbonyl (C=O) groups is 2. The highest BCUT2D eigenvalue weighted by molar-refractivity contribution is 5.76. The van der Waals surface area contributed by atoms with Crippen molar-refractivity contribution >= 4 is 12.2 Å². The van der Waals surface area contributed by atoms with Crippen LogP contribution in [0.2, 0.25) is 0 Å². The first-order chi connectivity index (χ1) is 11.2. The molecular formula is C17H22N2O4. The molecule has 124 valence electrons. The van der Waals surface area contributed by atoms with E-state index in [4.69, 9.17) is 9.47 Å². The highest BCUT2D eigenvalue weighted by Crippen LogP contribution is 2.47. The van der Waals surface area contributed by atoms with E-state index in [2.05, 4.69) is 12.1 Å². The van der Waals surface area contributed by atoms with Gasteiger partial charge in [0.05, 0.1) is 25.3 Å². The zero-order valence-corrected chi connectivity index (χ0v) is 13.5. The van der Waals surface area contributed by atoms with Crippen LogP contribution in [0.4, 0.5) is 9.59 Å². The lowest BCUT2D eigenvalue weighted by molar-refractivity contribution is -0.0433. The largest absolute Gasteiger partial charge is 0.448 e. The van der Waals surface area contributed by atoms with E-state index in [1.54, 1.807) is 13.8 Å². The summed E-state index contributed by atoms with van der Waals surface area (Å²) >= 11 is 0. The molecule has 3 atom stereocenters. The van der Waals surface area contributed by atoms with E-state index < -0.39 is 12.2 Å². The highest BCUT2D eigenvalue weighted by atomic mass is 16.6. The van der Waals surface area contributed by atoms with E-state index in [0.29, 0.717) is 0 Å². The molecule has 0 N–H and O–H groups in total. The maximum atomic E-state index is 12.4. The van der Waals surface area contributed by atoms with E-state index in [-0.39, 0.29) is 31.2 Å². The summed E-state index contributed by atoms with van der Waals surface area (Å²) in [7, 11) is 0. The minimum Gasteiger partial charge on any atom is -0.448 e. The Bertz CT molecular complexity index is 577. The number of amides is 2. The Balaban J connectivity index is 1.87. The zero-order chi connectivity index (χ0) is 16.4. The standard InChI is InChI=1S/C17H22N2O4/c1-3-22-16(20)18-13-10-14(12-8-6-5-7-9-12)15(11-13)19(18)17(21)23-4-2/h5-9,13-15H,3-4,10-11H2,1-2H3/t13-,14+,15-/m0/s1. The maximum Gasteiger partial charge on any atom is 0.429 e. The summed E-state index contributed by atoms with van der Waals surface area (Å²) in [4.78, 5) is 24.6. The van der Waals surface area contributed by atoms with Crippen LogP contribution in [-0.4, -0.2) is 47.5 Å². The van der Waals surface area contributed by atoms with Gasteiger partial charge in [-0.2, -0.15) is 0 Å². The van der Waals surface area contributed by atoms with E-state index in [9.17, 15) is 9.59 Å². The third kappa shape index (κ3) is 2.73. The SMILES string of the molecule is CCOC(=O)N1[C@H]2C[C@H](c3ccccc3)[C@H](C2)N1C(=O)OCC. The Labute approximate surface area is 135 Å². The summed E-state index contributed by atoms with van der Waals surface area (Å²) in [6.45, 7) is 4.08. The number of hydrazine groups is 1. The Hall–Kier alpha value is -2.24. The third-order valence-corrected chi connectivity index (χ3v) is 4.53. The first-order valence-electron chi connectivity index (χ1n) is 8.14. The molecule has 6 nitrogen and oxygen atoms in total. The number of hydrogen-bond donors (Lipinski definition) is 0. The monoisotopic (exact) mass is 318 g/mol. The van der Waals surface area contributed by atoms with Crippen LogP contribution in [0.5, 0.6) is 0 Å². The molecular weight excluding hydrogens is 296 g/mol. The van der Waals surface area contributed by atoms with Gasteiger partial charge in [0, 0.05) is 5.92 Å². The molecule has 2 aliphatic rings. The lowest BCUT2D eigenvalue weighted by Gasteiger charge is -2.39. The van der Waals surface area contributed by atoms with Gasteiger partial charge in [0.2, 0.25) is 0 Å². The Kier molecular flexibility index (Phi) is 4.41. The average Bonchev–Trinajstić information content (AvgIpc) is 3.14. The number of ether oxygens (including phenoxy) is 2. The smallest absolute Gasteiger partial charge is 0.429 e. The Morgan fingerprint density at radius 2 is 1.61 bits per heavy atom. The van der Waals surface area contributed by atoms with Crippen LogP contribution in [0.25, 0.3) is 0 Å². The number of rotatable bonds is 3. The fraction of sp³-hybridized carbons (Fsp3) is 0.529. The fourth-order valence-corrected chi connectivity index (χ4v) is 3.69. The van der Waals surface area contributed by atoms with Gasteiger partial charge in [-0.15, -0.1) is 0 Å². The second kappa shape index (κ2) is 6.48. The first-order valence-corrected chi connectivity index (χ1v) is 8.14. The molecule has 1 saturated heterocycles. The van der Waals surface area contributed by atoms with Gasteiger partial charge >= 0.3 is 12.2 Å². The molecule has 0 spiro atoms. The van der Waals surface area contributed by atoms with Crippen LogP contribution < -0.4 is 0 Å². The van der Waals surface area contributed by atoms with Gasteiger partial charge in [-0.25, -0.2) is 19.6 Å². The summed E-state index contributed by atoms with van der Waals surface area (Å²) in [5.74, 6) is 0.219.